The lowest BCUT2D eigenvalue weighted by Gasteiger charge is -2.34. The lowest BCUT2D eigenvalue weighted by molar-refractivity contribution is -0.924. The fraction of sp³-hybridized carbons (Fsp3) is 0.364. The number of hydrogen-bond acceptors (Lipinski definition) is 5. The number of aromatic nitrogens is 2. The molecule has 3 aromatic rings. The van der Waals surface area contributed by atoms with Crippen LogP contribution in [-0.4, -0.2) is 42.6 Å². The fourth-order valence-electron chi connectivity index (χ4n) is 3.76. The Morgan fingerprint density at radius 2 is 1.83 bits per heavy atom. The van der Waals surface area contributed by atoms with Crippen LogP contribution in [0, 0.1) is 11.8 Å². The first-order valence-electron chi connectivity index (χ1n) is 10.1. The first kappa shape index (κ1) is 19.7. The van der Waals surface area contributed by atoms with Crippen LogP contribution in [0.5, 0.6) is 5.75 Å². The van der Waals surface area contributed by atoms with Gasteiger partial charge in [-0.05, 0) is 49.8 Å². The molecule has 1 aliphatic rings. The van der Waals surface area contributed by atoms with Gasteiger partial charge in [-0.15, -0.1) is 5.10 Å². The summed E-state index contributed by atoms with van der Waals surface area (Å²) in [7, 11) is 0. The van der Waals surface area contributed by atoms with Crippen molar-refractivity contribution in [3.8, 4) is 17.2 Å². The molecule has 0 bridgehead atoms. The molecule has 0 saturated carbocycles. The molecule has 0 spiro atoms. The van der Waals surface area contributed by atoms with Crippen LogP contribution in [0.15, 0.2) is 52.9 Å². The molecule has 6 nitrogen and oxygen atoms in total. The summed E-state index contributed by atoms with van der Waals surface area (Å²) in [6.07, 6.45) is 0. The lowest BCUT2D eigenvalue weighted by atomic mass is 10.1. The molecule has 1 saturated heterocycles. The van der Waals surface area contributed by atoms with E-state index in [-0.39, 0.29) is 0 Å². The average molecular weight is 412 g/mol. The van der Waals surface area contributed by atoms with Gasteiger partial charge in [-0.25, -0.2) is 0 Å². The maximum atomic E-state index is 5.79. The molecular formula is C22H27N4O2S+. The van der Waals surface area contributed by atoms with E-state index in [0.29, 0.717) is 17.3 Å². The number of anilines is 1. The highest BCUT2D eigenvalue weighted by Gasteiger charge is 2.23. The molecule has 1 aliphatic heterocycles. The summed E-state index contributed by atoms with van der Waals surface area (Å²) in [5, 5.41) is 4.64. The van der Waals surface area contributed by atoms with Gasteiger partial charge in [-0.1, -0.05) is 30.3 Å². The number of quaternary nitrogens is 1. The molecular weight excluding hydrogens is 384 g/mol. The summed E-state index contributed by atoms with van der Waals surface area (Å²) < 4.78 is 13.4. The summed E-state index contributed by atoms with van der Waals surface area (Å²) in [6, 6.07) is 16.3. The molecule has 2 aromatic carbocycles. The zero-order valence-electron chi connectivity index (χ0n) is 16.9. The van der Waals surface area contributed by atoms with E-state index in [9.17, 15) is 0 Å². The van der Waals surface area contributed by atoms with Gasteiger partial charge in [0.1, 0.15) is 5.75 Å². The monoisotopic (exact) mass is 411 g/mol. The second-order valence-corrected chi connectivity index (χ2v) is 7.63. The van der Waals surface area contributed by atoms with E-state index < -0.39 is 0 Å². The quantitative estimate of drug-likeness (QED) is 0.632. The second-order valence-electron chi connectivity index (χ2n) is 7.28. The van der Waals surface area contributed by atoms with Crippen molar-refractivity contribution < 1.29 is 14.1 Å². The minimum atomic E-state index is 0.430. The molecule has 1 aromatic heterocycles. The lowest BCUT2D eigenvalue weighted by Crippen LogP contribution is -3.14. The summed E-state index contributed by atoms with van der Waals surface area (Å²) in [4.78, 5) is 4.27. The Morgan fingerprint density at radius 1 is 1.10 bits per heavy atom. The van der Waals surface area contributed by atoms with Crippen LogP contribution in [0.3, 0.4) is 0 Å². The van der Waals surface area contributed by atoms with Gasteiger partial charge in [0, 0.05) is 5.56 Å². The third-order valence-electron chi connectivity index (χ3n) is 5.33. The SMILES string of the molecule is CCOc1ccccc1N1CC[NH+](Cn2nc(-c3ccccc3C)oc2=S)CC1. The van der Waals surface area contributed by atoms with Gasteiger partial charge in [-0.3, -0.25) is 0 Å². The fourth-order valence-corrected chi connectivity index (χ4v) is 3.94. The molecule has 1 N–H and O–H groups in total. The van der Waals surface area contributed by atoms with Gasteiger partial charge in [0.2, 0.25) is 5.89 Å². The second kappa shape index (κ2) is 8.80. The Labute approximate surface area is 176 Å². The third kappa shape index (κ3) is 4.36. The van der Waals surface area contributed by atoms with Gasteiger partial charge >= 0.3 is 0 Å². The zero-order chi connectivity index (χ0) is 20.2. The number of aryl methyl sites for hydroxylation is 1. The number of rotatable bonds is 6. The van der Waals surface area contributed by atoms with E-state index in [1.165, 1.54) is 10.6 Å². The van der Waals surface area contributed by atoms with Crippen LogP contribution in [0.1, 0.15) is 12.5 Å². The van der Waals surface area contributed by atoms with Crippen LogP contribution in [0.25, 0.3) is 11.5 Å². The van der Waals surface area contributed by atoms with Gasteiger partial charge < -0.3 is 19.0 Å². The molecule has 7 heteroatoms. The zero-order valence-corrected chi connectivity index (χ0v) is 17.7. The number of ether oxygens (including phenoxy) is 1. The molecule has 0 amide bonds. The molecule has 2 heterocycles. The van der Waals surface area contributed by atoms with Crippen LogP contribution in [-0.2, 0) is 6.67 Å². The van der Waals surface area contributed by atoms with Gasteiger partial charge in [0.05, 0.1) is 38.5 Å². The Kier molecular flexibility index (Phi) is 5.97. The summed E-state index contributed by atoms with van der Waals surface area (Å²) in [5.74, 6) is 1.55. The molecule has 0 unspecified atom stereocenters. The largest absolute Gasteiger partial charge is 0.492 e. The molecule has 0 atom stereocenters. The van der Waals surface area contributed by atoms with Crippen molar-refractivity contribution in [2.24, 2.45) is 0 Å². The van der Waals surface area contributed by atoms with Crippen molar-refractivity contribution in [1.82, 2.24) is 9.78 Å². The number of benzene rings is 2. The summed E-state index contributed by atoms with van der Waals surface area (Å²) >= 11 is 5.42. The van der Waals surface area contributed by atoms with E-state index >= 15 is 0 Å². The minimum absolute atomic E-state index is 0.430. The van der Waals surface area contributed by atoms with Gasteiger partial charge in [-0.2, -0.15) is 4.68 Å². The van der Waals surface area contributed by atoms with Crippen molar-refractivity contribution in [3.63, 3.8) is 0 Å². The number of piperazine rings is 1. The van der Waals surface area contributed by atoms with Crippen molar-refractivity contribution in [1.29, 1.82) is 0 Å². The van der Waals surface area contributed by atoms with Crippen LogP contribution in [0.4, 0.5) is 5.69 Å². The van der Waals surface area contributed by atoms with Crippen molar-refractivity contribution in [3.05, 3.63) is 58.9 Å². The van der Waals surface area contributed by atoms with Crippen molar-refractivity contribution in [2.45, 2.75) is 20.5 Å². The number of nitrogens with one attached hydrogen (secondary N) is 1. The number of para-hydroxylation sites is 2. The molecule has 0 aliphatic carbocycles. The van der Waals surface area contributed by atoms with E-state index in [2.05, 4.69) is 35.1 Å². The Hall–Kier alpha value is -2.64. The van der Waals surface area contributed by atoms with Crippen molar-refractivity contribution in [2.75, 3.05) is 37.7 Å². The average Bonchev–Trinajstić information content (AvgIpc) is 3.10. The summed E-state index contributed by atoms with van der Waals surface area (Å²) in [5.41, 5.74) is 3.29. The van der Waals surface area contributed by atoms with Crippen LogP contribution in [0.2, 0.25) is 0 Å². The normalized spacial score (nSPS) is 14.9. The molecule has 0 radical (unpaired) electrons. The number of nitrogens with zero attached hydrogens (tertiary/aromatic N) is 3. The highest BCUT2D eigenvalue weighted by Crippen LogP contribution is 2.27. The topological polar surface area (TPSA) is 47.9 Å². The molecule has 29 heavy (non-hydrogen) atoms. The van der Waals surface area contributed by atoms with E-state index in [1.807, 2.05) is 41.9 Å². The third-order valence-corrected chi connectivity index (χ3v) is 5.63. The summed E-state index contributed by atoms with van der Waals surface area (Å²) in [6.45, 7) is 9.42. The van der Waals surface area contributed by atoms with E-state index in [1.54, 1.807) is 0 Å². The Bertz CT molecular complexity index is 1020. The maximum absolute atomic E-state index is 5.79. The standard InChI is InChI=1S/C22H26N4O2S/c1-3-27-20-11-7-6-10-19(20)25-14-12-24(13-15-25)16-26-22(29)28-21(23-26)18-9-5-4-8-17(18)2/h4-11H,3,12-16H2,1-2H3/p+1. The predicted molar refractivity (Wildman–Crippen MR) is 116 cm³/mol. The van der Waals surface area contributed by atoms with Gasteiger partial charge in [0.25, 0.3) is 4.84 Å². The number of hydrogen-bond donors (Lipinski definition) is 1. The highest BCUT2D eigenvalue weighted by molar-refractivity contribution is 7.71. The molecule has 152 valence electrons. The van der Waals surface area contributed by atoms with E-state index in [4.69, 9.17) is 21.4 Å². The van der Waals surface area contributed by atoms with Crippen LogP contribution >= 0.6 is 12.2 Å². The minimum Gasteiger partial charge on any atom is -0.492 e. The Balaban J connectivity index is 1.42. The predicted octanol–water partition coefficient (Wildman–Crippen LogP) is 2.94. The highest BCUT2D eigenvalue weighted by atomic mass is 32.1. The first-order chi connectivity index (χ1) is 14.2. The van der Waals surface area contributed by atoms with Gasteiger partial charge in [0.15, 0.2) is 6.67 Å². The van der Waals surface area contributed by atoms with Crippen LogP contribution < -0.4 is 14.5 Å². The molecule has 1 fully saturated rings. The van der Waals surface area contributed by atoms with Crippen molar-refractivity contribution >= 4 is 17.9 Å². The molecule has 4 rings (SSSR count). The Morgan fingerprint density at radius 3 is 2.59 bits per heavy atom. The first-order valence-corrected chi connectivity index (χ1v) is 10.5. The van der Waals surface area contributed by atoms with E-state index in [0.717, 1.165) is 49.7 Å². The smallest absolute Gasteiger partial charge is 0.292 e. The maximum Gasteiger partial charge on any atom is 0.292 e.